The van der Waals surface area contributed by atoms with Gasteiger partial charge in [-0.15, -0.1) is 0 Å². The molecular weight excluding hydrogens is 294 g/mol. The Morgan fingerprint density at radius 3 is 2.71 bits per heavy atom. The van der Waals surface area contributed by atoms with Crippen LogP contribution in [-0.4, -0.2) is 44.2 Å². The number of sulfonamides is 1. The summed E-state index contributed by atoms with van der Waals surface area (Å²) in [5, 5.41) is 11.4. The molecule has 8 heteroatoms. The van der Waals surface area contributed by atoms with Crippen LogP contribution in [0, 0.1) is 5.92 Å². The third kappa shape index (κ3) is 4.83. The molecule has 120 valence electrons. The average Bonchev–Trinajstić information content (AvgIpc) is 2.85. The zero-order valence-electron chi connectivity index (χ0n) is 12.6. The molecule has 1 amide bonds. The van der Waals surface area contributed by atoms with Gasteiger partial charge in [-0.2, -0.15) is 0 Å². The molecule has 0 saturated carbocycles. The summed E-state index contributed by atoms with van der Waals surface area (Å²) in [5.41, 5.74) is 0.284. The molecule has 1 rings (SSSR count). The van der Waals surface area contributed by atoms with Gasteiger partial charge in [0.15, 0.2) is 0 Å². The van der Waals surface area contributed by atoms with Crippen LogP contribution < -0.4 is 10.0 Å². The van der Waals surface area contributed by atoms with Gasteiger partial charge in [-0.3, -0.25) is 4.79 Å². The number of aliphatic hydroxyl groups excluding tert-OH is 1. The lowest BCUT2D eigenvalue weighted by Gasteiger charge is -2.08. The van der Waals surface area contributed by atoms with E-state index in [4.69, 9.17) is 5.11 Å². The van der Waals surface area contributed by atoms with E-state index in [0.717, 1.165) is 6.42 Å². The quantitative estimate of drug-likeness (QED) is 0.591. The minimum Gasteiger partial charge on any atom is -0.396 e. The zero-order chi connectivity index (χ0) is 16.0. The van der Waals surface area contributed by atoms with E-state index in [1.807, 2.05) is 6.92 Å². The molecule has 0 aromatic carbocycles. The molecule has 7 nitrogen and oxygen atoms in total. The summed E-state index contributed by atoms with van der Waals surface area (Å²) >= 11 is 0. The van der Waals surface area contributed by atoms with Crippen LogP contribution in [0.5, 0.6) is 0 Å². The van der Waals surface area contributed by atoms with Crippen LogP contribution >= 0.6 is 0 Å². The van der Waals surface area contributed by atoms with E-state index in [9.17, 15) is 13.2 Å². The lowest BCUT2D eigenvalue weighted by molar-refractivity contribution is 0.0955. The van der Waals surface area contributed by atoms with Crippen LogP contribution in [-0.2, 0) is 17.1 Å². The van der Waals surface area contributed by atoms with Gasteiger partial charge in [-0.05, 0) is 24.8 Å². The second kappa shape index (κ2) is 7.58. The van der Waals surface area contributed by atoms with Gasteiger partial charge in [0.25, 0.3) is 5.91 Å². The third-order valence-corrected chi connectivity index (χ3v) is 4.66. The largest absolute Gasteiger partial charge is 0.396 e. The smallest absolute Gasteiger partial charge is 0.267 e. The molecule has 1 atom stereocenters. The number of aliphatic hydroxyl groups is 1. The minimum atomic E-state index is -3.62. The Hall–Kier alpha value is -1.38. The van der Waals surface area contributed by atoms with Gasteiger partial charge in [0, 0.05) is 33.4 Å². The predicted octanol–water partition coefficient (Wildman–Crippen LogP) is 0.0716. The fraction of sp³-hybridized carbons (Fsp3) is 0.615. The second-order valence-electron chi connectivity index (χ2n) is 5.08. The summed E-state index contributed by atoms with van der Waals surface area (Å²) in [4.78, 5) is 11.6. The standard InChI is InChI=1S/C13H23N3O4S/c1-10(9-17)5-4-6-15-21(19,20)11-7-12(13(18)14-2)16(3)8-11/h7-8,10,15,17H,4-6,9H2,1-3H3,(H,14,18). The van der Waals surface area contributed by atoms with Gasteiger partial charge >= 0.3 is 0 Å². The Kier molecular flexibility index (Phi) is 6.38. The molecule has 1 aromatic rings. The highest BCUT2D eigenvalue weighted by atomic mass is 32.2. The first kappa shape index (κ1) is 17.7. The predicted molar refractivity (Wildman–Crippen MR) is 79.5 cm³/mol. The van der Waals surface area contributed by atoms with Gasteiger partial charge in [0.2, 0.25) is 10.0 Å². The summed E-state index contributed by atoms with van der Waals surface area (Å²) in [6, 6.07) is 1.34. The zero-order valence-corrected chi connectivity index (χ0v) is 13.4. The van der Waals surface area contributed by atoms with Crippen LogP contribution in [0.25, 0.3) is 0 Å². The van der Waals surface area contributed by atoms with Crippen molar-refractivity contribution in [2.75, 3.05) is 20.2 Å². The molecular formula is C13H23N3O4S. The monoisotopic (exact) mass is 317 g/mol. The molecule has 0 spiro atoms. The van der Waals surface area contributed by atoms with Crippen molar-refractivity contribution in [3.63, 3.8) is 0 Å². The number of rotatable bonds is 8. The Labute approximate surface area is 125 Å². The summed E-state index contributed by atoms with van der Waals surface area (Å²) in [7, 11) is -0.514. The minimum absolute atomic E-state index is 0.0683. The van der Waals surface area contributed by atoms with Crippen molar-refractivity contribution < 1.29 is 18.3 Å². The fourth-order valence-corrected chi connectivity index (χ4v) is 3.01. The topological polar surface area (TPSA) is 100 Å². The Morgan fingerprint density at radius 1 is 1.48 bits per heavy atom. The summed E-state index contributed by atoms with van der Waals surface area (Å²) in [6.07, 6.45) is 2.80. The highest BCUT2D eigenvalue weighted by molar-refractivity contribution is 7.89. The number of nitrogens with one attached hydrogen (secondary N) is 2. The lowest BCUT2D eigenvalue weighted by Crippen LogP contribution is -2.25. The number of hydrogen-bond donors (Lipinski definition) is 3. The highest BCUT2D eigenvalue weighted by Crippen LogP contribution is 2.13. The number of aryl methyl sites for hydroxylation is 1. The Bertz CT molecular complexity index is 580. The van der Waals surface area contributed by atoms with Crippen LogP contribution in [0.4, 0.5) is 0 Å². The van der Waals surface area contributed by atoms with Crippen molar-refractivity contribution in [2.24, 2.45) is 13.0 Å². The molecule has 21 heavy (non-hydrogen) atoms. The number of carbonyl (C=O) groups is 1. The van der Waals surface area contributed by atoms with Gasteiger partial charge < -0.3 is 15.0 Å². The van der Waals surface area contributed by atoms with Gasteiger partial charge in [-0.1, -0.05) is 6.92 Å². The lowest BCUT2D eigenvalue weighted by atomic mass is 10.1. The van der Waals surface area contributed by atoms with Crippen LogP contribution in [0.2, 0.25) is 0 Å². The number of amides is 1. The molecule has 0 aliphatic rings. The summed E-state index contributed by atoms with van der Waals surface area (Å²) < 4.78 is 28.2. The van der Waals surface area contributed by atoms with Crippen molar-refractivity contribution in [1.82, 2.24) is 14.6 Å². The third-order valence-electron chi connectivity index (χ3n) is 3.23. The van der Waals surface area contributed by atoms with Crippen molar-refractivity contribution >= 4 is 15.9 Å². The molecule has 1 aromatic heterocycles. The summed E-state index contributed by atoms with van der Waals surface area (Å²) in [6.45, 7) is 2.30. The molecule has 0 aliphatic heterocycles. The van der Waals surface area contributed by atoms with E-state index in [1.54, 1.807) is 7.05 Å². The van der Waals surface area contributed by atoms with Gasteiger partial charge in [0.1, 0.15) is 10.6 Å². The van der Waals surface area contributed by atoms with Crippen molar-refractivity contribution in [3.8, 4) is 0 Å². The molecule has 1 heterocycles. The van der Waals surface area contributed by atoms with E-state index in [2.05, 4.69) is 10.0 Å². The van der Waals surface area contributed by atoms with Crippen LogP contribution in [0.3, 0.4) is 0 Å². The normalized spacial score (nSPS) is 13.1. The molecule has 0 saturated heterocycles. The van der Waals surface area contributed by atoms with E-state index >= 15 is 0 Å². The molecule has 0 aliphatic carbocycles. The average molecular weight is 317 g/mol. The number of nitrogens with zero attached hydrogens (tertiary/aromatic N) is 1. The van der Waals surface area contributed by atoms with Gasteiger partial charge in [0.05, 0.1) is 0 Å². The maximum absolute atomic E-state index is 12.1. The van der Waals surface area contributed by atoms with Crippen molar-refractivity contribution in [1.29, 1.82) is 0 Å². The maximum Gasteiger partial charge on any atom is 0.267 e. The van der Waals surface area contributed by atoms with E-state index in [-0.39, 0.29) is 29.0 Å². The molecule has 0 radical (unpaired) electrons. The molecule has 0 bridgehead atoms. The van der Waals surface area contributed by atoms with E-state index < -0.39 is 10.0 Å². The van der Waals surface area contributed by atoms with Crippen molar-refractivity contribution in [3.05, 3.63) is 18.0 Å². The van der Waals surface area contributed by atoms with E-state index in [1.165, 1.54) is 23.9 Å². The SMILES string of the molecule is CNC(=O)c1cc(S(=O)(=O)NCCCC(C)CO)cn1C. The number of hydrogen-bond acceptors (Lipinski definition) is 4. The first-order chi connectivity index (χ1) is 9.81. The van der Waals surface area contributed by atoms with E-state index in [0.29, 0.717) is 13.0 Å². The molecule has 1 unspecified atom stereocenters. The fourth-order valence-electron chi connectivity index (χ4n) is 1.87. The highest BCUT2D eigenvalue weighted by Gasteiger charge is 2.19. The maximum atomic E-state index is 12.1. The number of carbonyl (C=O) groups excluding carboxylic acids is 1. The first-order valence-corrected chi connectivity index (χ1v) is 8.29. The summed E-state index contributed by atoms with van der Waals surface area (Å²) in [5.74, 6) is -0.179. The van der Waals surface area contributed by atoms with Gasteiger partial charge in [-0.25, -0.2) is 13.1 Å². The Morgan fingerprint density at radius 2 is 2.14 bits per heavy atom. The number of aromatic nitrogens is 1. The van der Waals surface area contributed by atoms with Crippen LogP contribution in [0.15, 0.2) is 17.2 Å². The molecule has 3 N–H and O–H groups in total. The van der Waals surface area contributed by atoms with Crippen molar-refractivity contribution in [2.45, 2.75) is 24.7 Å². The first-order valence-electron chi connectivity index (χ1n) is 6.80. The van der Waals surface area contributed by atoms with Crippen LogP contribution in [0.1, 0.15) is 30.3 Å². The second-order valence-corrected chi connectivity index (χ2v) is 6.85. The Balaban J connectivity index is 2.69. The molecule has 0 fully saturated rings.